The third-order valence-corrected chi connectivity index (χ3v) is 3.91. The predicted molar refractivity (Wildman–Crippen MR) is 61.0 cm³/mol. The van der Waals surface area contributed by atoms with Gasteiger partial charge >= 0.3 is 6.18 Å². The molecule has 0 radical (unpaired) electrons. The monoisotopic (exact) mass is 264 g/mol. The lowest BCUT2D eigenvalue weighted by molar-refractivity contribution is -0.182. The molecule has 2 fully saturated rings. The highest BCUT2D eigenvalue weighted by Gasteiger charge is 2.41. The zero-order chi connectivity index (χ0) is 13.2. The molecule has 1 saturated carbocycles. The molecule has 2 rings (SSSR count). The second-order valence-electron chi connectivity index (χ2n) is 5.25. The minimum Gasteiger partial charge on any atom is -0.352 e. The van der Waals surface area contributed by atoms with Gasteiger partial charge in [0.05, 0.1) is 12.0 Å². The Kier molecular flexibility index (Phi) is 4.14. The van der Waals surface area contributed by atoms with E-state index in [9.17, 15) is 18.0 Å². The highest BCUT2D eigenvalue weighted by atomic mass is 19.4. The van der Waals surface area contributed by atoms with E-state index < -0.39 is 12.1 Å². The summed E-state index contributed by atoms with van der Waals surface area (Å²) < 4.78 is 37.4. The molecule has 0 bridgehead atoms. The van der Waals surface area contributed by atoms with E-state index in [1.54, 1.807) is 0 Å². The van der Waals surface area contributed by atoms with Gasteiger partial charge in [-0.25, -0.2) is 0 Å². The van der Waals surface area contributed by atoms with E-state index in [2.05, 4.69) is 10.6 Å². The van der Waals surface area contributed by atoms with E-state index in [-0.39, 0.29) is 30.8 Å². The van der Waals surface area contributed by atoms with Crippen molar-refractivity contribution in [3.63, 3.8) is 0 Å². The van der Waals surface area contributed by atoms with Gasteiger partial charge in [-0.15, -0.1) is 0 Å². The van der Waals surface area contributed by atoms with Gasteiger partial charge in [-0.1, -0.05) is 0 Å². The largest absolute Gasteiger partial charge is 0.391 e. The van der Waals surface area contributed by atoms with Crippen LogP contribution in [0.1, 0.15) is 38.5 Å². The molecule has 3 nitrogen and oxygen atoms in total. The Bertz CT molecular complexity index is 292. The molecular formula is C12H19F3N2O. The Balaban J connectivity index is 1.75. The summed E-state index contributed by atoms with van der Waals surface area (Å²) in [5.41, 5.74) is 0. The van der Waals surface area contributed by atoms with Crippen LogP contribution >= 0.6 is 0 Å². The van der Waals surface area contributed by atoms with Crippen LogP contribution < -0.4 is 10.6 Å². The number of carbonyl (C=O) groups is 1. The zero-order valence-corrected chi connectivity index (χ0v) is 10.2. The number of amides is 1. The molecular weight excluding hydrogens is 245 g/mol. The highest BCUT2D eigenvalue weighted by Crippen LogP contribution is 2.37. The maximum Gasteiger partial charge on any atom is 0.391 e. The van der Waals surface area contributed by atoms with Gasteiger partial charge < -0.3 is 10.6 Å². The molecule has 1 aliphatic heterocycles. The van der Waals surface area contributed by atoms with Crippen molar-refractivity contribution < 1.29 is 18.0 Å². The Labute approximate surface area is 104 Å². The van der Waals surface area contributed by atoms with Crippen LogP contribution in [0.25, 0.3) is 0 Å². The number of alkyl halides is 3. The summed E-state index contributed by atoms with van der Waals surface area (Å²) in [5, 5.41) is 5.95. The highest BCUT2D eigenvalue weighted by molar-refractivity contribution is 5.82. The van der Waals surface area contributed by atoms with E-state index in [4.69, 9.17) is 0 Å². The van der Waals surface area contributed by atoms with Gasteiger partial charge in [-0.2, -0.15) is 13.2 Å². The summed E-state index contributed by atoms with van der Waals surface area (Å²) in [6.07, 6.45) is -1.14. The van der Waals surface area contributed by atoms with E-state index in [1.807, 2.05) is 0 Å². The third kappa shape index (κ3) is 3.37. The number of carbonyl (C=O) groups excluding carboxylic acids is 1. The van der Waals surface area contributed by atoms with Gasteiger partial charge in [0.15, 0.2) is 0 Å². The lowest BCUT2D eigenvalue weighted by Crippen LogP contribution is -2.47. The molecule has 0 aromatic carbocycles. The predicted octanol–water partition coefficient (Wildman–Crippen LogP) is 1.98. The quantitative estimate of drug-likeness (QED) is 0.800. The van der Waals surface area contributed by atoms with E-state index >= 15 is 0 Å². The van der Waals surface area contributed by atoms with Crippen LogP contribution in [-0.4, -0.2) is 30.7 Å². The number of nitrogens with one attached hydrogen (secondary N) is 2. The van der Waals surface area contributed by atoms with Crippen LogP contribution in [0.5, 0.6) is 0 Å². The van der Waals surface area contributed by atoms with Gasteiger partial charge in [0.25, 0.3) is 0 Å². The number of halogens is 3. The fourth-order valence-electron chi connectivity index (χ4n) is 2.78. The molecule has 0 unspecified atom stereocenters. The van der Waals surface area contributed by atoms with Crippen LogP contribution in [0.4, 0.5) is 13.2 Å². The molecule has 0 aromatic heterocycles. The van der Waals surface area contributed by atoms with Crippen molar-refractivity contribution >= 4 is 5.91 Å². The lowest BCUT2D eigenvalue weighted by Gasteiger charge is -2.30. The Morgan fingerprint density at radius 1 is 1.11 bits per heavy atom. The van der Waals surface area contributed by atoms with E-state index in [0.717, 1.165) is 19.4 Å². The maximum absolute atomic E-state index is 12.5. The average Bonchev–Trinajstić information content (AvgIpc) is 2.82. The number of hydrogen-bond donors (Lipinski definition) is 2. The topological polar surface area (TPSA) is 41.1 Å². The van der Waals surface area contributed by atoms with Gasteiger partial charge in [-0.05, 0) is 45.1 Å². The van der Waals surface area contributed by atoms with Crippen LogP contribution in [0.3, 0.4) is 0 Å². The molecule has 1 atom stereocenters. The fourth-order valence-corrected chi connectivity index (χ4v) is 2.78. The molecule has 2 aliphatic rings. The van der Waals surface area contributed by atoms with Gasteiger partial charge in [0.2, 0.25) is 5.91 Å². The minimum absolute atomic E-state index is 0.0528. The molecule has 2 N–H and O–H groups in total. The fraction of sp³-hybridized carbons (Fsp3) is 0.917. The van der Waals surface area contributed by atoms with Crippen molar-refractivity contribution in [3.05, 3.63) is 0 Å². The molecule has 1 aliphatic carbocycles. The maximum atomic E-state index is 12.5. The van der Waals surface area contributed by atoms with Crippen molar-refractivity contribution in [2.75, 3.05) is 6.54 Å². The van der Waals surface area contributed by atoms with Gasteiger partial charge in [0, 0.05) is 6.04 Å². The zero-order valence-electron chi connectivity index (χ0n) is 10.2. The molecule has 1 heterocycles. The summed E-state index contributed by atoms with van der Waals surface area (Å²) in [4.78, 5) is 11.8. The molecule has 1 amide bonds. The molecule has 18 heavy (non-hydrogen) atoms. The van der Waals surface area contributed by atoms with Crippen LogP contribution in [0, 0.1) is 5.92 Å². The summed E-state index contributed by atoms with van der Waals surface area (Å²) in [7, 11) is 0. The van der Waals surface area contributed by atoms with Crippen molar-refractivity contribution in [3.8, 4) is 0 Å². The van der Waals surface area contributed by atoms with Crippen molar-refractivity contribution in [2.24, 2.45) is 5.92 Å². The Morgan fingerprint density at radius 2 is 1.78 bits per heavy atom. The molecule has 0 spiro atoms. The lowest BCUT2D eigenvalue weighted by atomic mass is 9.85. The summed E-state index contributed by atoms with van der Waals surface area (Å²) in [6.45, 7) is 0.846. The first-order chi connectivity index (χ1) is 8.47. The molecule has 6 heteroatoms. The first kappa shape index (κ1) is 13.6. The average molecular weight is 264 g/mol. The molecule has 104 valence electrons. The van der Waals surface area contributed by atoms with Crippen molar-refractivity contribution in [1.82, 2.24) is 10.6 Å². The minimum atomic E-state index is -4.08. The Morgan fingerprint density at radius 3 is 2.28 bits per heavy atom. The van der Waals surface area contributed by atoms with Crippen LogP contribution in [0.2, 0.25) is 0 Å². The summed E-state index contributed by atoms with van der Waals surface area (Å²) in [5.74, 6) is -1.24. The van der Waals surface area contributed by atoms with E-state index in [1.165, 1.54) is 0 Å². The SMILES string of the molecule is O=C(NC1CCC(C(F)(F)F)CC1)[C@H]1CCCN1. The summed E-state index contributed by atoms with van der Waals surface area (Å²) >= 11 is 0. The first-order valence-electron chi connectivity index (χ1n) is 6.57. The Hall–Kier alpha value is -0.780. The normalized spacial score (nSPS) is 33.4. The van der Waals surface area contributed by atoms with Gasteiger partial charge in [0.1, 0.15) is 0 Å². The smallest absolute Gasteiger partial charge is 0.352 e. The van der Waals surface area contributed by atoms with Crippen molar-refractivity contribution in [2.45, 2.75) is 56.8 Å². The van der Waals surface area contributed by atoms with Crippen LogP contribution in [0.15, 0.2) is 0 Å². The molecule has 1 saturated heterocycles. The van der Waals surface area contributed by atoms with Crippen molar-refractivity contribution in [1.29, 1.82) is 0 Å². The number of hydrogen-bond acceptors (Lipinski definition) is 2. The standard InChI is InChI=1S/C12H19F3N2O/c13-12(14,15)8-3-5-9(6-4-8)17-11(18)10-2-1-7-16-10/h8-10,16H,1-7H2,(H,17,18)/t8?,9?,10-/m1/s1. The second-order valence-corrected chi connectivity index (χ2v) is 5.25. The third-order valence-electron chi connectivity index (χ3n) is 3.91. The number of rotatable bonds is 2. The second kappa shape index (κ2) is 5.47. The van der Waals surface area contributed by atoms with Gasteiger partial charge in [-0.3, -0.25) is 4.79 Å². The first-order valence-corrected chi connectivity index (χ1v) is 6.57. The van der Waals surface area contributed by atoms with Crippen LogP contribution in [-0.2, 0) is 4.79 Å². The summed E-state index contributed by atoms with van der Waals surface area (Å²) in [6, 6.07) is -0.233. The molecule has 0 aromatic rings. The van der Waals surface area contributed by atoms with E-state index in [0.29, 0.717) is 12.8 Å².